The minimum absolute atomic E-state index is 0.391. The van der Waals surface area contributed by atoms with Gasteiger partial charge in [0.15, 0.2) is 0 Å². The minimum Gasteiger partial charge on any atom is -0.384 e. The molecule has 1 aromatic heterocycles. The van der Waals surface area contributed by atoms with Crippen LogP contribution in [0.25, 0.3) is 0 Å². The van der Waals surface area contributed by atoms with Crippen LogP contribution < -0.4 is 5.73 Å². The summed E-state index contributed by atoms with van der Waals surface area (Å²) >= 11 is 0. The first-order valence-electron chi connectivity index (χ1n) is 6.22. The summed E-state index contributed by atoms with van der Waals surface area (Å²) in [5.41, 5.74) is 5.93. The smallest absolute Gasteiger partial charge is 0.124 e. The van der Waals surface area contributed by atoms with Crippen molar-refractivity contribution in [2.45, 2.75) is 45.7 Å². The van der Waals surface area contributed by atoms with Crippen molar-refractivity contribution in [3.05, 3.63) is 12.0 Å². The summed E-state index contributed by atoms with van der Waals surface area (Å²) in [7, 11) is 0. The molecule has 0 unspecified atom stereocenters. The molecule has 0 amide bonds. The SMILES string of the molecule is CC(C)n1c(N)cnc1CN1CCCCC1. The molecule has 1 aromatic rings. The second-order valence-electron chi connectivity index (χ2n) is 4.90. The number of aromatic nitrogens is 2. The predicted molar refractivity (Wildman–Crippen MR) is 66.2 cm³/mol. The van der Waals surface area contributed by atoms with E-state index in [1.54, 1.807) is 6.20 Å². The lowest BCUT2D eigenvalue weighted by Crippen LogP contribution is -2.30. The van der Waals surface area contributed by atoms with E-state index in [1.165, 1.54) is 32.4 Å². The Morgan fingerprint density at radius 1 is 1.31 bits per heavy atom. The summed E-state index contributed by atoms with van der Waals surface area (Å²) in [4.78, 5) is 6.90. The first-order valence-corrected chi connectivity index (χ1v) is 6.22. The third-order valence-corrected chi connectivity index (χ3v) is 3.23. The highest BCUT2D eigenvalue weighted by molar-refractivity contribution is 5.28. The van der Waals surface area contributed by atoms with Gasteiger partial charge in [0, 0.05) is 6.04 Å². The third kappa shape index (κ3) is 2.38. The summed E-state index contributed by atoms with van der Waals surface area (Å²) < 4.78 is 2.13. The summed E-state index contributed by atoms with van der Waals surface area (Å²) in [5.74, 6) is 1.89. The fourth-order valence-electron chi connectivity index (χ4n) is 2.44. The van der Waals surface area contributed by atoms with E-state index in [1.807, 2.05) is 0 Å². The maximum atomic E-state index is 5.93. The van der Waals surface area contributed by atoms with E-state index in [-0.39, 0.29) is 0 Å². The summed E-state index contributed by atoms with van der Waals surface area (Å²) in [6, 6.07) is 0.391. The average molecular weight is 222 g/mol. The van der Waals surface area contributed by atoms with Gasteiger partial charge < -0.3 is 10.3 Å². The van der Waals surface area contributed by atoms with E-state index in [4.69, 9.17) is 5.73 Å². The van der Waals surface area contributed by atoms with Crippen LogP contribution in [0.15, 0.2) is 6.20 Å². The van der Waals surface area contributed by atoms with Gasteiger partial charge in [0.1, 0.15) is 11.6 Å². The van der Waals surface area contributed by atoms with Gasteiger partial charge in [0.25, 0.3) is 0 Å². The summed E-state index contributed by atoms with van der Waals surface area (Å²) in [5, 5.41) is 0. The van der Waals surface area contributed by atoms with Crippen LogP contribution in [0.1, 0.15) is 45.0 Å². The molecule has 1 saturated heterocycles. The Labute approximate surface area is 97.4 Å². The average Bonchev–Trinajstić information content (AvgIpc) is 2.61. The maximum Gasteiger partial charge on any atom is 0.124 e. The molecule has 0 spiro atoms. The molecule has 2 N–H and O–H groups in total. The lowest BCUT2D eigenvalue weighted by molar-refractivity contribution is 0.212. The van der Waals surface area contributed by atoms with Gasteiger partial charge in [0.05, 0.1) is 12.7 Å². The van der Waals surface area contributed by atoms with Gasteiger partial charge >= 0.3 is 0 Å². The Kier molecular flexibility index (Phi) is 3.49. The largest absolute Gasteiger partial charge is 0.384 e. The zero-order chi connectivity index (χ0) is 11.5. The first-order chi connectivity index (χ1) is 7.68. The Hall–Kier alpha value is -1.03. The number of hydrogen-bond acceptors (Lipinski definition) is 3. The fourth-order valence-corrected chi connectivity index (χ4v) is 2.44. The highest BCUT2D eigenvalue weighted by atomic mass is 15.2. The van der Waals surface area contributed by atoms with Gasteiger partial charge in [-0.05, 0) is 39.8 Å². The fraction of sp³-hybridized carbons (Fsp3) is 0.750. The maximum absolute atomic E-state index is 5.93. The highest BCUT2D eigenvalue weighted by Crippen LogP contribution is 2.18. The molecule has 2 rings (SSSR count). The van der Waals surface area contributed by atoms with E-state index in [9.17, 15) is 0 Å². The molecular formula is C12H22N4. The molecule has 1 aliphatic rings. The minimum atomic E-state index is 0.391. The van der Waals surface area contributed by atoms with Gasteiger partial charge in [-0.25, -0.2) is 4.98 Å². The molecule has 0 aliphatic carbocycles. The molecule has 1 aliphatic heterocycles. The van der Waals surface area contributed by atoms with Crippen LogP contribution in [0.2, 0.25) is 0 Å². The second-order valence-corrected chi connectivity index (χ2v) is 4.90. The van der Waals surface area contributed by atoms with Crippen molar-refractivity contribution in [1.29, 1.82) is 0 Å². The Bertz CT molecular complexity index is 337. The summed E-state index contributed by atoms with van der Waals surface area (Å²) in [6.07, 6.45) is 5.78. The van der Waals surface area contributed by atoms with Crippen LogP contribution in [0.3, 0.4) is 0 Å². The van der Waals surface area contributed by atoms with Gasteiger partial charge in [0.2, 0.25) is 0 Å². The van der Waals surface area contributed by atoms with Crippen molar-refractivity contribution in [3.8, 4) is 0 Å². The lowest BCUT2D eigenvalue weighted by Gasteiger charge is -2.26. The van der Waals surface area contributed by atoms with Crippen molar-refractivity contribution in [3.63, 3.8) is 0 Å². The normalized spacial score (nSPS) is 18.2. The molecule has 0 aromatic carbocycles. The molecule has 4 nitrogen and oxygen atoms in total. The molecule has 90 valence electrons. The van der Waals surface area contributed by atoms with Crippen LogP contribution in [-0.2, 0) is 6.54 Å². The molecule has 4 heteroatoms. The molecule has 0 atom stereocenters. The van der Waals surface area contributed by atoms with E-state index in [2.05, 4.69) is 28.3 Å². The van der Waals surface area contributed by atoms with E-state index in [0.29, 0.717) is 6.04 Å². The van der Waals surface area contributed by atoms with Crippen molar-refractivity contribution in [1.82, 2.24) is 14.5 Å². The number of nitrogens with zero attached hydrogens (tertiary/aromatic N) is 3. The molecule has 2 heterocycles. The van der Waals surface area contributed by atoms with Gasteiger partial charge in [-0.15, -0.1) is 0 Å². The number of piperidine rings is 1. The summed E-state index contributed by atoms with van der Waals surface area (Å²) in [6.45, 7) is 7.64. The second kappa shape index (κ2) is 4.87. The lowest BCUT2D eigenvalue weighted by atomic mass is 10.1. The quantitative estimate of drug-likeness (QED) is 0.851. The van der Waals surface area contributed by atoms with Crippen molar-refractivity contribution < 1.29 is 0 Å². The number of anilines is 1. The first kappa shape index (κ1) is 11.5. The van der Waals surface area contributed by atoms with Crippen molar-refractivity contribution in [2.75, 3.05) is 18.8 Å². The molecule has 0 radical (unpaired) electrons. The highest BCUT2D eigenvalue weighted by Gasteiger charge is 2.16. The number of likely N-dealkylation sites (tertiary alicyclic amines) is 1. The zero-order valence-corrected chi connectivity index (χ0v) is 10.3. The zero-order valence-electron chi connectivity index (χ0n) is 10.3. The van der Waals surface area contributed by atoms with Crippen LogP contribution in [-0.4, -0.2) is 27.5 Å². The number of rotatable bonds is 3. The van der Waals surface area contributed by atoms with E-state index >= 15 is 0 Å². The topological polar surface area (TPSA) is 47.1 Å². The molecule has 0 saturated carbocycles. The number of nitrogens with two attached hydrogens (primary N) is 1. The van der Waals surface area contributed by atoms with Crippen molar-refractivity contribution >= 4 is 5.82 Å². The van der Waals surface area contributed by atoms with Gasteiger partial charge in [-0.2, -0.15) is 0 Å². The van der Waals surface area contributed by atoms with E-state index < -0.39 is 0 Å². The van der Waals surface area contributed by atoms with Crippen molar-refractivity contribution in [2.24, 2.45) is 0 Å². The Morgan fingerprint density at radius 2 is 2.00 bits per heavy atom. The molecule has 0 bridgehead atoms. The monoisotopic (exact) mass is 222 g/mol. The van der Waals surface area contributed by atoms with Crippen LogP contribution >= 0.6 is 0 Å². The van der Waals surface area contributed by atoms with Crippen LogP contribution in [0.5, 0.6) is 0 Å². The molecular weight excluding hydrogens is 200 g/mol. The molecule has 16 heavy (non-hydrogen) atoms. The number of imidazole rings is 1. The third-order valence-electron chi connectivity index (χ3n) is 3.23. The van der Waals surface area contributed by atoms with Gasteiger partial charge in [-0.3, -0.25) is 4.90 Å². The predicted octanol–water partition coefficient (Wildman–Crippen LogP) is 2.03. The molecule has 1 fully saturated rings. The standard InChI is InChI=1S/C12H22N4/c1-10(2)16-11(13)8-14-12(16)9-15-6-4-3-5-7-15/h8,10H,3-7,9,13H2,1-2H3. The Balaban J connectivity index is 2.08. The van der Waals surface area contributed by atoms with Gasteiger partial charge in [-0.1, -0.05) is 6.42 Å². The van der Waals surface area contributed by atoms with E-state index in [0.717, 1.165) is 18.2 Å². The number of hydrogen-bond donors (Lipinski definition) is 1. The Morgan fingerprint density at radius 3 is 2.62 bits per heavy atom. The van der Waals surface area contributed by atoms with Crippen LogP contribution in [0, 0.1) is 0 Å². The number of nitrogen functional groups attached to an aromatic ring is 1. The van der Waals surface area contributed by atoms with Crippen LogP contribution in [0.4, 0.5) is 5.82 Å².